The van der Waals surface area contributed by atoms with Gasteiger partial charge in [-0.15, -0.1) is 6.58 Å². The average molecular weight is 276 g/mol. The summed E-state index contributed by atoms with van der Waals surface area (Å²) in [6.45, 7) is 5.54. The minimum atomic E-state index is -0.981. The van der Waals surface area contributed by atoms with E-state index in [1.54, 1.807) is 0 Å². The number of carboxylic acids is 1. The minimum absolute atomic E-state index is 0. The van der Waals surface area contributed by atoms with Crippen LogP contribution < -0.4 is 0 Å². The van der Waals surface area contributed by atoms with Crippen LogP contribution in [0.15, 0.2) is 25.3 Å². The smallest absolute Gasteiger partial charge is 0.327 e. The Labute approximate surface area is 108 Å². The molecule has 9 heteroatoms. The maximum atomic E-state index is 9.25. The van der Waals surface area contributed by atoms with Crippen LogP contribution >= 0.6 is 0 Å². The SMILES string of the molecule is C=CC(=O)O.C=CCO.O=O.OCC(O)CO.[2H]O[2H].[HH]. The van der Waals surface area contributed by atoms with Gasteiger partial charge in [0.05, 0.1) is 19.8 Å². The summed E-state index contributed by atoms with van der Waals surface area (Å²) in [6, 6.07) is 0. The summed E-state index contributed by atoms with van der Waals surface area (Å²) in [7, 11) is 0. The fraction of sp³-hybridized carbons (Fsp3) is 0.444. The summed E-state index contributed by atoms with van der Waals surface area (Å²) in [5.41, 5.74) is 2.75. The van der Waals surface area contributed by atoms with Gasteiger partial charge in [0.1, 0.15) is 6.10 Å². The van der Waals surface area contributed by atoms with Crippen LogP contribution in [0.2, 0.25) is 0 Å². The van der Waals surface area contributed by atoms with Crippen molar-refractivity contribution in [2.24, 2.45) is 0 Å². The normalized spacial score (nSPS) is 7.83. The number of carbonyl (C=O) groups is 1. The Balaban J connectivity index is -0.0000000346. The van der Waals surface area contributed by atoms with Gasteiger partial charge in [-0.3, -0.25) is 0 Å². The topological polar surface area (TPSA) is 184 Å². The van der Waals surface area contributed by atoms with Crippen LogP contribution in [0.4, 0.5) is 0 Å². The van der Waals surface area contributed by atoms with Crippen molar-refractivity contribution in [2.45, 2.75) is 6.10 Å². The van der Waals surface area contributed by atoms with Crippen molar-refractivity contribution in [3.05, 3.63) is 35.2 Å². The van der Waals surface area contributed by atoms with Crippen molar-refractivity contribution in [3.63, 3.8) is 0 Å². The lowest BCUT2D eigenvalue weighted by atomic mass is 10.4. The molecule has 0 atom stereocenters. The number of aliphatic hydroxyl groups excluding tert-OH is 4. The lowest BCUT2D eigenvalue weighted by molar-refractivity contribution is -0.131. The minimum Gasteiger partial charge on any atom is -0.478 e. The molecule has 0 aromatic heterocycles. The van der Waals surface area contributed by atoms with Crippen molar-refractivity contribution in [1.29, 1.82) is 2.86 Å². The van der Waals surface area contributed by atoms with Crippen molar-refractivity contribution >= 4 is 5.97 Å². The second-order valence-electron chi connectivity index (χ2n) is 2.03. The molecule has 0 saturated carbocycles. The zero-order chi connectivity index (χ0) is 17.4. The Kier molecular flexibility index (Phi) is 43.4. The molecular weight excluding hydrogens is 252 g/mol. The highest BCUT2D eigenvalue weighted by Gasteiger charge is 1.93. The number of rotatable bonds is 4. The van der Waals surface area contributed by atoms with Gasteiger partial charge in [0.25, 0.3) is 0 Å². The van der Waals surface area contributed by atoms with E-state index in [2.05, 4.69) is 18.6 Å². The Morgan fingerprint density at radius 3 is 1.56 bits per heavy atom. The first-order valence-electron chi connectivity index (χ1n) is 4.95. The molecule has 0 bridgehead atoms. The lowest BCUT2D eigenvalue weighted by Crippen LogP contribution is -2.15. The molecule has 0 unspecified atom stereocenters. The van der Waals surface area contributed by atoms with E-state index in [0.29, 0.717) is 0 Å². The van der Waals surface area contributed by atoms with Crippen LogP contribution in [0.3, 0.4) is 0 Å². The summed E-state index contributed by atoms with van der Waals surface area (Å²) >= 11 is 0. The molecular formula is C9H22O9. The Morgan fingerprint density at radius 2 is 1.56 bits per heavy atom. The molecule has 0 heterocycles. The number of hydrogen-bond acceptors (Lipinski definition) is 7. The third kappa shape index (κ3) is 89.4. The first kappa shape index (κ1) is 21.6. The van der Waals surface area contributed by atoms with Crippen molar-refractivity contribution in [1.82, 2.24) is 0 Å². The molecule has 112 valence electrons. The fourth-order valence-corrected chi connectivity index (χ4v) is 0.0577. The maximum Gasteiger partial charge on any atom is 0.327 e. The van der Waals surface area contributed by atoms with Crippen molar-refractivity contribution in [2.75, 3.05) is 19.8 Å². The Morgan fingerprint density at radius 1 is 1.33 bits per heavy atom. The highest BCUT2D eigenvalue weighted by molar-refractivity contribution is 5.78. The molecule has 0 aliphatic rings. The van der Waals surface area contributed by atoms with E-state index in [4.69, 9.17) is 38.3 Å². The summed E-state index contributed by atoms with van der Waals surface area (Å²) in [4.78, 5) is 23.2. The third-order valence-corrected chi connectivity index (χ3v) is 0.725. The van der Waals surface area contributed by atoms with Gasteiger partial charge in [-0.1, -0.05) is 12.7 Å². The Hall–Kier alpha value is -1.65. The molecule has 0 aromatic carbocycles. The molecule has 0 aliphatic carbocycles. The van der Waals surface area contributed by atoms with E-state index < -0.39 is 12.1 Å². The van der Waals surface area contributed by atoms with E-state index >= 15 is 0 Å². The monoisotopic (exact) mass is 276 g/mol. The lowest BCUT2D eigenvalue weighted by Gasteiger charge is -1.96. The quantitative estimate of drug-likeness (QED) is 0.295. The molecule has 0 saturated heterocycles. The molecule has 0 fully saturated rings. The van der Waals surface area contributed by atoms with Gasteiger partial charge < -0.3 is 31.0 Å². The first-order chi connectivity index (χ1) is 9.41. The van der Waals surface area contributed by atoms with E-state index in [1.807, 2.05) is 0 Å². The van der Waals surface area contributed by atoms with E-state index in [9.17, 15) is 4.79 Å². The van der Waals surface area contributed by atoms with Gasteiger partial charge in [0, 0.05) is 17.4 Å². The molecule has 18 heavy (non-hydrogen) atoms. The van der Waals surface area contributed by atoms with E-state index in [1.165, 1.54) is 6.08 Å². The van der Waals surface area contributed by atoms with E-state index in [-0.39, 0.29) is 21.2 Å². The van der Waals surface area contributed by atoms with Gasteiger partial charge in [-0.05, 0) is 0 Å². The summed E-state index contributed by atoms with van der Waals surface area (Å²) < 4.78 is 10.8. The van der Waals surface area contributed by atoms with Crippen LogP contribution in [0.5, 0.6) is 0 Å². The second-order valence-corrected chi connectivity index (χ2v) is 2.03. The number of carboxylic acid groups (broad SMARTS) is 1. The molecule has 0 aliphatic heterocycles. The molecule has 0 spiro atoms. The maximum absolute atomic E-state index is 9.25. The Bertz CT molecular complexity index is 191. The van der Waals surface area contributed by atoms with Gasteiger partial charge in [-0.25, -0.2) is 4.79 Å². The van der Waals surface area contributed by atoms with Crippen LogP contribution in [0.25, 0.3) is 0 Å². The highest BCUT2D eigenvalue weighted by atomic mass is 16.7. The standard InChI is InChI=1S/C3H8O3.C3H4O2.C3H6O.O2.H2O.H2/c4-1-3(6)2-5;1-2-3(4)5;1-2-3-4;1-2;;/h3-6H,1-2H2;2H,1H2,(H,4,5);2,4H,1,3H2;;1H2;1H/i/hD2. The summed E-state index contributed by atoms with van der Waals surface area (Å²) in [5.74, 6) is -0.981. The summed E-state index contributed by atoms with van der Waals surface area (Å²) in [5, 5.41) is 39.4. The molecule has 0 amide bonds. The van der Waals surface area contributed by atoms with Crippen molar-refractivity contribution < 1.29 is 37.2 Å². The van der Waals surface area contributed by atoms with Gasteiger partial charge in [-0.2, -0.15) is 0 Å². The van der Waals surface area contributed by atoms with Gasteiger partial charge >= 0.3 is 5.97 Å². The number of hydrogen-bond donors (Lipinski definition) is 5. The zero-order valence-electron chi connectivity index (χ0n) is 11.6. The molecule has 9 nitrogen and oxygen atoms in total. The van der Waals surface area contributed by atoms with E-state index in [0.717, 1.165) is 6.08 Å². The first-order valence-corrected chi connectivity index (χ1v) is 4.13. The highest BCUT2D eigenvalue weighted by Crippen LogP contribution is 1.71. The van der Waals surface area contributed by atoms with Crippen LogP contribution in [0.1, 0.15) is 1.43 Å². The number of aliphatic carboxylic acids is 1. The van der Waals surface area contributed by atoms with Crippen LogP contribution in [-0.2, 0) is 4.79 Å². The van der Waals surface area contributed by atoms with Gasteiger partial charge in [0.2, 0.25) is 2.86 Å². The fourth-order valence-electron chi connectivity index (χ4n) is 0.0577. The van der Waals surface area contributed by atoms with Crippen molar-refractivity contribution in [3.8, 4) is 0 Å². The molecule has 7 N–H and O–H groups in total. The second kappa shape index (κ2) is 36.2. The zero-order valence-corrected chi connectivity index (χ0v) is 9.64. The van der Waals surface area contributed by atoms with Crippen LogP contribution in [-0.4, -0.2) is 65.8 Å². The van der Waals surface area contributed by atoms with Crippen LogP contribution in [0, 0.1) is 9.93 Å². The number of aliphatic hydroxyl groups is 4. The third-order valence-electron chi connectivity index (χ3n) is 0.725. The van der Waals surface area contributed by atoms with Gasteiger partial charge in [0.15, 0.2) is 0 Å². The predicted octanol–water partition coefficient (Wildman–Crippen LogP) is -1.76. The molecule has 0 rings (SSSR count). The predicted molar refractivity (Wildman–Crippen MR) is 67.8 cm³/mol. The molecule has 0 aromatic rings. The average Bonchev–Trinajstić information content (AvgIpc) is 2.50. The molecule has 0 radical (unpaired) electrons. The summed E-state index contributed by atoms with van der Waals surface area (Å²) in [6.07, 6.45) is 1.31. The largest absolute Gasteiger partial charge is 0.478 e.